The summed E-state index contributed by atoms with van der Waals surface area (Å²) in [6.45, 7) is 0.803. The van der Waals surface area contributed by atoms with E-state index in [9.17, 15) is 18.5 Å². The number of hydrogen-bond donors (Lipinski definition) is 0. The van der Waals surface area contributed by atoms with Gasteiger partial charge in [0.25, 0.3) is 5.69 Å². The first-order valence-corrected chi connectivity index (χ1v) is 9.10. The molecule has 0 spiro atoms. The average Bonchev–Trinajstić information content (AvgIpc) is 2.65. The van der Waals surface area contributed by atoms with E-state index in [-0.39, 0.29) is 10.6 Å². The number of non-ortho nitro benzene ring substituents is 1. The quantitative estimate of drug-likeness (QED) is 0.583. The fraction of sp³-hybridized carbons (Fsp3) is 0.176. The van der Waals surface area contributed by atoms with E-state index in [4.69, 9.17) is 14.2 Å². The van der Waals surface area contributed by atoms with Crippen LogP contribution in [0.2, 0.25) is 0 Å². The third-order valence-corrected chi connectivity index (χ3v) is 5.09. The summed E-state index contributed by atoms with van der Waals surface area (Å²) in [4.78, 5) is 10.0. The van der Waals surface area contributed by atoms with E-state index in [1.807, 2.05) is 0 Å². The second-order valence-corrected chi connectivity index (χ2v) is 7.18. The van der Waals surface area contributed by atoms with Gasteiger partial charge in [0.15, 0.2) is 21.3 Å². The zero-order valence-corrected chi connectivity index (χ0v) is 14.6. The molecule has 0 aromatic heterocycles. The van der Waals surface area contributed by atoms with Gasteiger partial charge in [-0.05, 0) is 35.9 Å². The van der Waals surface area contributed by atoms with Gasteiger partial charge in [-0.2, -0.15) is 0 Å². The Morgan fingerprint density at radius 3 is 2.50 bits per heavy atom. The van der Waals surface area contributed by atoms with Crippen LogP contribution in [0.1, 0.15) is 5.56 Å². The Morgan fingerprint density at radius 2 is 1.85 bits per heavy atom. The van der Waals surface area contributed by atoms with Crippen LogP contribution in [0.4, 0.5) is 5.69 Å². The first-order valence-electron chi connectivity index (χ1n) is 7.56. The number of benzene rings is 2. The van der Waals surface area contributed by atoms with Gasteiger partial charge in [0.2, 0.25) is 5.75 Å². The van der Waals surface area contributed by atoms with Crippen molar-refractivity contribution in [3.8, 4) is 17.2 Å². The molecule has 136 valence electrons. The summed E-state index contributed by atoms with van der Waals surface area (Å²) in [5.74, 6) is 1.40. The van der Waals surface area contributed by atoms with Gasteiger partial charge < -0.3 is 14.2 Å². The molecule has 0 unspecified atom stereocenters. The van der Waals surface area contributed by atoms with Crippen LogP contribution in [0.15, 0.2) is 46.7 Å². The summed E-state index contributed by atoms with van der Waals surface area (Å²) in [7, 11) is -2.28. The topological polar surface area (TPSA) is 105 Å². The van der Waals surface area contributed by atoms with E-state index in [2.05, 4.69) is 0 Å². The maximum Gasteiger partial charge on any atom is 0.269 e. The molecule has 8 nitrogen and oxygen atoms in total. The molecule has 0 saturated heterocycles. The first kappa shape index (κ1) is 17.7. The van der Waals surface area contributed by atoms with Crippen molar-refractivity contribution in [2.24, 2.45) is 0 Å². The molecular formula is C17H15NO7S. The van der Waals surface area contributed by atoms with Crippen molar-refractivity contribution in [2.45, 2.75) is 4.90 Å². The van der Waals surface area contributed by atoms with Gasteiger partial charge in [-0.3, -0.25) is 10.1 Å². The molecule has 0 radical (unpaired) electrons. The molecule has 0 amide bonds. The van der Waals surface area contributed by atoms with Crippen molar-refractivity contribution in [3.05, 3.63) is 57.5 Å². The minimum absolute atomic E-state index is 0.0381. The lowest BCUT2D eigenvalue weighted by atomic mass is 10.1. The number of ether oxygens (including phenoxy) is 3. The SMILES string of the molecule is COc1cc(/C=C/S(=O)(=O)c2ccc([N+](=O)[O-])cc2)cc2c1OCCO2. The van der Waals surface area contributed by atoms with Crippen molar-refractivity contribution >= 4 is 21.6 Å². The number of hydrogen-bond acceptors (Lipinski definition) is 7. The van der Waals surface area contributed by atoms with Crippen LogP contribution in [0.3, 0.4) is 0 Å². The summed E-state index contributed by atoms with van der Waals surface area (Å²) in [5, 5.41) is 11.7. The van der Waals surface area contributed by atoms with Crippen LogP contribution in [-0.2, 0) is 9.84 Å². The number of methoxy groups -OCH3 is 1. The Labute approximate surface area is 149 Å². The summed E-state index contributed by atoms with van der Waals surface area (Å²) in [5.41, 5.74) is 0.376. The van der Waals surface area contributed by atoms with E-state index in [1.54, 1.807) is 12.1 Å². The number of nitrogens with zero attached hydrogens (tertiary/aromatic N) is 1. The lowest BCUT2D eigenvalue weighted by Crippen LogP contribution is -2.16. The highest BCUT2D eigenvalue weighted by Gasteiger charge is 2.18. The lowest BCUT2D eigenvalue weighted by molar-refractivity contribution is -0.384. The zero-order chi connectivity index (χ0) is 18.7. The number of fused-ring (bicyclic) bond motifs is 1. The highest BCUT2D eigenvalue weighted by Crippen LogP contribution is 2.40. The van der Waals surface area contributed by atoms with Crippen molar-refractivity contribution in [2.75, 3.05) is 20.3 Å². The van der Waals surface area contributed by atoms with Crippen LogP contribution in [-0.4, -0.2) is 33.7 Å². The highest BCUT2D eigenvalue weighted by molar-refractivity contribution is 7.94. The lowest BCUT2D eigenvalue weighted by Gasteiger charge is -2.20. The van der Waals surface area contributed by atoms with E-state index >= 15 is 0 Å². The molecule has 0 N–H and O–H groups in total. The molecule has 0 bridgehead atoms. The minimum atomic E-state index is -3.76. The molecule has 0 saturated carbocycles. The average molecular weight is 377 g/mol. The largest absolute Gasteiger partial charge is 0.493 e. The smallest absolute Gasteiger partial charge is 0.269 e. The Bertz CT molecular complexity index is 948. The fourth-order valence-corrected chi connectivity index (χ4v) is 3.40. The van der Waals surface area contributed by atoms with Crippen molar-refractivity contribution in [1.29, 1.82) is 0 Å². The van der Waals surface area contributed by atoms with E-state index in [1.165, 1.54) is 25.3 Å². The van der Waals surface area contributed by atoms with Gasteiger partial charge >= 0.3 is 0 Å². The Kier molecular flexibility index (Phi) is 4.81. The van der Waals surface area contributed by atoms with Gasteiger partial charge in [-0.25, -0.2) is 8.42 Å². The monoisotopic (exact) mass is 377 g/mol. The molecule has 1 heterocycles. The van der Waals surface area contributed by atoms with Crippen LogP contribution in [0.5, 0.6) is 17.2 Å². The van der Waals surface area contributed by atoms with Gasteiger partial charge in [0.05, 0.1) is 16.9 Å². The molecule has 1 aliphatic heterocycles. The molecule has 2 aromatic rings. The molecule has 3 rings (SSSR count). The van der Waals surface area contributed by atoms with Crippen LogP contribution in [0, 0.1) is 10.1 Å². The first-order chi connectivity index (χ1) is 12.4. The van der Waals surface area contributed by atoms with Gasteiger partial charge in [0.1, 0.15) is 13.2 Å². The maximum atomic E-state index is 12.4. The highest BCUT2D eigenvalue weighted by atomic mass is 32.2. The van der Waals surface area contributed by atoms with Gasteiger partial charge in [0, 0.05) is 17.5 Å². The molecule has 9 heteroatoms. The third-order valence-electron chi connectivity index (χ3n) is 3.67. The van der Waals surface area contributed by atoms with Crippen molar-refractivity contribution in [3.63, 3.8) is 0 Å². The Hall–Kier alpha value is -3.07. The van der Waals surface area contributed by atoms with Crippen LogP contribution in [0.25, 0.3) is 6.08 Å². The predicted molar refractivity (Wildman–Crippen MR) is 93.3 cm³/mol. The fourth-order valence-electron chi connectivity index (χ4n) is 2.39. The molecule has 26 heavy (non-hydrogen) atoms. The van der Waals surface area contributed by atoms with E-state index in [0.717, 1.165) is 17.5 Å². The molecular weight excluding hydrogens is 362 g/mol. The zero-order valence-electron chi connectivity index (χ0n) is 13.7. The van der Waals surface area contributed by atoms with Crippen LogP contribution >= 0.6 is 0 Å². The number of nitro groups is 1. The third kappa shape index (κ3) is 3.62. The second kappa shape index (κ2) is 7.04. The Balaban J connectivity index is 1.90. The summed E-state index contributed by atoms with van der Waals surface area (Å²) in [6, 6.07) is 7.97. The molecule has 0 fully saturated rings. The minimum Gasteiger partial charge on any atom is -0.493 e. The number of nitro benzene ring substituents is 1. The summed E-state index contributed by atoms with van der Waals surface area (Å²) >= 11 is 0. The summed E-state index contributed by atoms with van der Waals surface area (Å²) < 4.78 is 41.0. The maximum absolute atomic E-state index is 12.4. The number of rotatable bonds is 5. The molecule has 2 aromatic carbocycles. The van der Waals surface area contributed by atoms with Crippen LogP contribution < -0.4 is 14.2 Å². The Morgan fingerprint density at radius 1 is 1.15 bits per heavy atom. The second-order valence-electron chi connectivity index (χ2n) is 5.35. The predicted octanol–water partition coefficient (Wildman–Crippen LogP) is 2.82. The normalized spacial score (nSPS) is 13.6. The summed E-state index contributed by atoms with van der Waals surface area (Å²) in [6.07, 6.45) is 1.40. The molecule has 1 aliphatic rings. The molecule has 0 atom stereocenters. The van der Waals surface area contributed by atoms with Crippen molar-refractivity contribution in [1.82, 2.24) is 0 Å². The van der Waals surface area contributed by atoms with Gasteiger partial charge in [-0.1, -0.05) is 0 Å². The standard InChI is InChI=1S/C17H15NO7S/c1-23-15-10-12(11-16-17(15)25-8-7-24-16)6-9-26(21,22)14-4-2-13(3-5-14)18(19)20/h2-6,9-11H,7-8H2,1H3/b9-6+. The number of sulfone groups is 1. The van der Waals surface area contributed by atoms with E-state index in [0.29, 0.717) is 36.0 Å². The molecule has 0 aliphatic carbocycles. The van der Waals surface area contributed by atoms with E-state index < -0.39 is 14.8 Å². The van der Waals surface area contributed by atoms with Gasteiger partial charge in [-0.15, -0.1) is 0 Å². The van der Waals surface area contributed by atoms with Crippen molar-refractivity contribution < 1.29 is 27.6 Å².